The van der Waals surface area contributed by atoms with Crippen LogP contribution in [0.25, 0.3) is 16.3 Å². The Balaban J connectivity index is 1.78. The highest BCUT2D eigenvalue weighted by Crippen LogP contribution is 2.49. The van der Waals surface area contributed by atoms with Crippen molar-refractivity contribution in [2.75, 3.05) is 17.2 Å². The zero-order valence-corrected chi connectivity index (χ0v) is 24.0. The van der Waals surface area contributed by atoms with E-state index >= 15 is 0 Å². The topological polar surface area (TPSA) is 67.2 Å². The van der Waals surface area contributed by atoms with Gasteiger partial charge in [0.05, 0.1) is 26.6 Å². The number of rotatable bonds is 7. The number of aromatic nitrogens is 2. The highest BCUT2D eigenvalue weighted by molar-refractivity contribution is 8.00. The van der Waals surface area contributed by atoms with Crippen molar-refractivity contribution in [2.45, 2.75) is 31.6 Å². The Morgan fingerprint density at radius 1 is 1.16 bits per heavy atom. The largest absolute Gasteiger partial charge is 0.352 e. The lowest BCUT2D eigenvalue weighted by molar-refractivity contribution is -0.123. The lowest BCUT2D eigenvalue weighted by Crippen LogP contribution is -2.44. The van der Waals surface area contributed by atoms with Crippen molar-refractivity contribution in [1.82, 2.24) is 15.1 Å². The maximum Gasteiger partial charge on any atom is 0.240 e. The van der Waals surface area contributed by atoms with Crippen LogP contribution in [0.3, 0.4) is 0 Å². The van der Waals surface area contributed by atoms with E-state index in [9.17, 15) is 9.59 Å². The molecule has 1 aliphatic rings. The average molecular weight is 586 g/mol. The molecule has 0 radical (unpaired) electrons. The number of nitrogens with zero attached hydrogens (tertiary/aromatic N) is 3. The minimum atomic E-state index is -0.247. The number of hydrogen-bond acceptors (Lipinski definition) is 5. The molecular formula is C28H26Cl2N4O2S2. The fraction of sp³-hybridized carbons (Fsp3) is 0.250. The van der Waals surface area contributed by atoms with E-state index in [1.165, 1.54) is 11.8 Å². The van der Waals surface area contributed by atoms with Crippen LogP contribution in [0, 0.1) is 0 Å². The average Bonchev–Trinajstić information content (AvgIpc) is 3.53. The third kappa shape index (κ3) is 5.36. The molecule has 2 atom stereocenters. The Labute approximate surface area is 239 Å². The molecule has 3 heterocycles. The van der Waals surface area contributed by atoms with E-state index in [1.54, 1.807) is 27.0 Å². The Morgan fingerprint density at radius 2 is 1.97 bits per heavy atom. The van der Waals surface area contributed by atoms with Gasteiger partial charge in [-0.05, 0) is 54.6 Å². The summed E-state index contributed by atoms with van der Waals surface area (Å²) in [6.45, 7) is 3.83. The molecular weight excluding hydrogens is 559 g/mol. The lowest BCUT2D eigenvalue weighted by Gasteiger charge is -2.24. The number of hydrogen-bond donors (Lipinski definition) is 1. The van der Waals surface area contributed by atoms with E-state index in [0.717, 1.165) is 28.1 Å². The second-order valence-electron chi connectivity index (χ2n) is 9.03. The summed E-state index contributed by atoms with van der Waals surface area (Å²) in [5, 5.41) is 10.9. The van der Waals surface area contributed by atoms with Gasteiger partial charge in [-0.2, -0.15) is 5.10 Å². The van der Waals surface area contributed by atoms with Gasteiger partial charge in [-0.1, -0.05) is 60.5 Å². The van der Waals surface area contributed by atoms with Crippen LogP contribution in [0.1, 0.15) is 36.6 Å². The third-order valence-corrected chi connectivity index (χ3v) is 9.08. The molecule has 0 unspecified atom stereocenters. The Kier molecular flexibility index (Phi) is 8.14. The van der Waals surface area contributed by atoms with E-state index in [4.69, 9.17) is 28.3 Å². The minimum Gasteiger partial charge on any atom is -0.352 e. The van der Waals surface area contributed by atoms with Crippen LogP contribution in [0.4, 0.5) is 5.82 Å². The number of carbonyl (C=O) groups is 2. The smallest absolute Gasteiger partial charge is 0.240 e. The molecule has 5 rings (SSSR count). The second kappa shape index (κ2) is 11.5. The molecule has 0 spiro atoms. The molecule has 196 valence electrons. The number of halogens is 2. The molecule has 38 heavy (non-hydrogen) atoms. The van der Waals surface area contributed by atoms with Crippen LogP contribution in [-0.2, 0) is 9.59 Å². The lowest BCUT2D eigenvalue weighted by atomic mass is 10.0. The Hall–Kier alpha value is -2.78. The predicted molar refractivity (Wildman–Crippen MR) is 158 cm³/mol. The predicted octanol–water partition coefficient (Wildman–Crippen LogP) is 6.99. The SMILES string of the molecule is CC[C@H](C)NC(=O)CN1C(=O)CS[C@H](c2cccc(Cl)c2)c2c(-c3cccs3)nn(-c3ccccc3Cl)c21. The first kappa shape index (κ1) is 26.8. The van der Waals surface area contributed by atoms with Gasteiger partial charge >= 0.3 is 0 Å². The molecule has 1 aliphatic heterocycles. The summed E-state index contributed by atoms with van der Waals surface area (Å²) in [6, 6.07) is 19.0. The molecule has 6 nitrogen and oxygen atoms in total. The van der Waals surface area contributed by atoms with E-state index in [-0.39, 0.29) is 35.4 Å². The van der Waals surface area contributed by atoms with Crippen molar-refractivity contribution in [1.29, 1.82) is 0 Å². The molecule has 10 heteroatoms. The third-order valence-electron chi connectivity index (χ3n) is 6.40. The molecule has 2 aromatic carbocycles. The highest BCUT2D eigenvalue weighted by atomic mass is 35.5. The number of carbonyl (C=O) groups excluding carboxylic acids is 2. The maximum atomic E-state index is 13.7. The quantitative estimate of drug-likeness (QED) is 0.254. The molecule has 0 aliphatic carbocycles. The summed E-state index contributed by atoms with van der Waals surface area (Å²) in [6.07, 6.45) is 0.789. The number of thioether (sulfide) groups is 1. The van der Waals surface area contributed by atoms with Crippen LogP contribution < -0.4 is 10.2 Å². The van der Waals surface area contributed by atoms with Gasteiger partial charge in [0, 0.05) is 16.6 Å². The highest BCUT2D eigenvalue weighted by Gasteiger charge is 2.38. The van der Waals surface area contributed by atoms with E-state index in [0.29, 0.717) is 21.6 Å². The van der Waals surface area contributed by atoms with Crippen LogP contribution >= 0.6 is 46.3 Å². The molecule has 2 aromatic heterocycles. The standard InChI is InChI=1S/C28H26Cl2N4O2S2/c1-3-17(2)31-23(35)15-33-24(36)16-38-27(18-8-6-9-19(29)14-18)25-26(22-12-7-13-37-22)32-34(28(25)33)21-11-5-4-10-20(21)30/h4-14,17,27H,3,15-16H2,1-2H3,(H,31,35)/t17-,27+/m0/s1. The Morgan fingerprint density at radius 3 is 2.68 bits per heavy atom. The van der Waals surface area contributed by atoms with Gasteiger partial charge in [-0.25, -0.2) is 4.68 Å². The number of thiophene rings is 1. The first-order valence-corrected chi connectivity index (χ1v) is 14.9. The van der Waals surface area contributed by atoms with Gasteiger partial charge < -0.3 is 5.32 Å². The molecule has 0 saturated heterocycles. The normalized spacial score (nSPS) is 16.2. The first-order valence-electron chi connectivity index (χ1n) is 12.3. The fourth-order valence-corrected chi connectivity index (χ4v) is 6.73. The van der Waals surface area contributed by atoms with Crippen LogP contribution in [0.5, 0.6) is 0 Å². The molecule has 1 N–H and O–H groups in total. The number of amides is 2. The number of nitrogens with one attached hydrogen (secondary N) is 1. The molecule has 0 saturated carbocycles. The van der Waals surface area contributed by atoms with Crippen molar-refractivity contribution >= 4 is 63.9 Å². The number of benzene rings is 2. The van der Waals surface area contributed by atoms with Crippen molar-refractivity contribution < 1.29 is 9.59 Å². The summed E-state index contributed by atoms with van der Waals surface area (Å²) in [5.41, 5.74) is 3.18. The van der Waals surface area contributed by atoms with Gasteiger partial charge in [0.15, 0.2) is 0 Å². The van der Waals surface area contributed by atoms with E-state index in [1.807, 2.05) is 73.8 Å². The molecule has 0 fully saturated rings. The van der Waals surface area contributed by atoms with Gasteiger partial charge in [-0.3, -0.25) is 14.5 Å². The number of anilines is 1. The summed E-state index contributed by atoms with van der Waals surface area (Å²) < 4.78 is 1.71. The zero-order chi connectivity index (χ0) is 26.8. The Bertz CT molecular complexity index is 1470. The van der Waals surface area contributed by atoms with Gasteiger partial charge in [-0.15, -0.1) is 23.1 Å². The van der Waals surface area contributed by atoms with Gasteiger partial charge in [0.25, 0.3) is 0 Å². The number of para-hydroxylation sites is 1. The summed E-state index contributed by atoms with van der Waals surface area (Å²) in [7, 11) is 0. The fourth-order valence-electron chi connectivity index (χ4n) is 4.40. The zero-order valence-electron chi connectivity index (χ0n) is 20.9. The van der Waals surface area contributed by atoms with Crippen LogP contribution in [0.2, 0.25) is 10.0 Å². The molecule has 4 aromatic rings. The van der Waals surface area contributed by atoms with E-state index in [2.05, 4.69) is 5.32 Å². The minimum absolute atomic E-state index is 0.00667. The van der Waals surface area contributed by atoms with Gasteiger partial charge in [0.2, 0.25) is 11.8 Å². The van der Waals surface area contributed by atoms with Gasteiger partial charge in [0.1, 0.15) is 18.1 Å². The molecule has 0 bridgehead atoms. The van der Waals surface area contributed by atoms with Crippen molar-refractivity contribution in [3.8, 4) is 16.3 Å². The van der Waals surface area contributed by atoms with Crippen LogP contribution in [-0.4, -0.2) is 39.9 Å². The molecule has 2 amide bonds. The van der Waals surface area contributed by atoms with Crippen LogP contribution in [0.15, 0.2) is 66.0 Å². The van der Waals surface area contributed by atoms with E-state index < -0.39 is 0 Å². The van der Waals surface area contributed by atoms with Crippen molar-refractivity contribution in [2.24, 2.45) is 0 Å². The van der Waals surface area contributed by atoms with Crippen molar-refractivity contribution in [3.05, 3.63) is 87.2 Å². The monoisotopic (exact) mass is 584 g/mol. The van der Waals surface area contributed by atoms with Crippen molar-refractivity contribution in [3.63, 3.8) is 0 Å². The summed E-state index contributed by atoms with van der Waals surface area (Å²) in [5.74, 6) is 0.329. The maximum absolute atomic E-state index is 13.7. The number of fused-ring (bicyclic) bond motifs is 1. The summed E-state index contributed by atoms with van der Waals surface area (Å²) >= 11 is 16.1. The first-order chi connectivity index (χ1) is 18.4. The summed E-state index contributed by atoms with van der Waals surface area (Å²) in [4.78, 5) is 29.3. The second-order valence-corrected chi connectivity index (χ2v) is 11.9.